The predicted molar refractivity (Wildman–Crippen MR) is 168 cm³/mol. The highest BCUT2D eigenvalue weighted by molar-refractivity contribution is 6.23. The Labute approximate surface area is 244 Å². The van der Waals surface area contributed by atoms with Crippen molar-refractivity contribution in [3.63, 3.8) is 0 Å². The molecule has 0 aliphatic heterocycles. The van der Waals surface area contributed by atoms with Gasteiger partial charge in [-0.3, -0.25) is 9.97 Å². The molecule has 0 N–H and O–H groups in total. The normalized spacial score (nSPS) is 12.6. The van der Waals surface area contributed by atoms with Gasteiger partial charge in [0.15, 0.2) is 16.9 Å². The summed E-state index contributed by atoms with van der Waals surface area (Å²) >= 11 is 0. The summed E-state index contributed by atoms with van der Waals surface area (Å²) in [6.07, 6.45) is 3.80. The van der Waals surface area contributed by atoms with Gasteiger partial charge in [0.2, 0.25) is 5.71 Å². The van der Waals surface area contributed by atoms with E-state index in [-0.39, 0.29) is 10.8 Å². The molecule has 0 aliphatic rings. The third-order valence-electron chi connectivity index (χ3n) is 7.83. The number of aromatic nitrogens is 3. The van der Waals surface area contributed by atoms with Gasteiger partial charge >= 0.3 is 0 Å². The van der Waals surface area contributed by atoms with Crippen LogP contribution >= 0.6 is 0 Å². The van der Waals surface area contributed by atoms with Gasteiger partial charge in [-0.25, -0.2) is 4.98 Å². The number of hydrogen-bond acceptors (Lipinski definition) is 6. The Morgan fingerprint density at radius 1 is 0.714 bits per heavy atom. The summed E-state index contributed by atoms with van der Waals surface area (Å²) in [6, 6.07) is 20.3. The maximum Gasteiger partial charge on any atom is 0.231 e. The number of pyridine rings is 3. The summed E-state index contributed by atoms with van der Waals surface area (Å²) in [5, 5.41) is 1.72. The van der Waals surface area contributed by atoms with E-state index in [9.17, 15) is 0 Å². The predicted octanol–water partition coefficient (Wildman–Crippen LogP) is 9.98. The molecule has 0 radical (unpaired) electrons. The van der Waals surface area contributed by atoms with Crippen LogP contribution in [0.3, 0.4) is 0 Å². The average molecular weight is 556 g/mol. The number of aryl methyl sites for hydroxylation is 1. The van der Waals surface area contributed by atoms with Gasteiger partial charge in [-0.1, -0.05) is 59.7 Å². The van der Waals surface area contributed by atoms with Gasteiger partial charge in [0.1, 0.15) is 11.3 Å². The molecule has 5 heterocycles. The molecule has 0 saturated carbocycles. The fraction of sp³-hybridized carbons (Fsp3) is 0.250. The Hall–Kier alpha value is -4.71. The minimum absolute atomic E-state index is 0.0353. The van der Waals surface area contributed by atoms with E-state index in [0.717, 1.165) is 44.6 Å². The molecule has 0 bridgehead atoms. The van der Waals surface area contributed by atoms with Crippen molar-refractivity contribution in [1.29, 1.82) is 0 Å². The maximum absolute atomic E-state index is 6.60. The summed E-state index contributed by atoms with van der Waals surface area (Å²) in [6.45, 7) is 15.1. The van der Waals surface area contributed by atoms with Crippen LogP contribution in [0.2, 0.25) is 0 Å². The minimum atomic E-state index is -0.0353. The van der Waals surface area contributed by atoms with Crippen molar-refractivity contribution in [2.75, 3.05) is 0 Å². The van der Waals surface area contributed by atoms with E-state index >= 15 is 0 Å². The summed E-state index contributed by atoms with van der Waals surface area (Å²) in [4.78, 5) is 14.2. The molecule has 6 heteroatoms. The molecule has 0 amide bonds. The molecular weight excluding hydrogens is 522 g/mol. The number of nitrogens with zero attached hydrogens (tertiary/aromatic N) is 3. The van der Waals surface area contributed by atoms with Gasteiger partial charge < -0.3 is 13.6 Å². The van der Waals surface area contributed by atoms with Crippen LogP contribution in [-0.4, -0.2) is 15.0 Å². The van der Waals surface area contributed by atoms with Crippen molar-refractivity contribution in [3.8, 4) is 34.0 Å². The SMILES string of the molecule is Cc1cc2oc3c(Oc4cccc(-c5ccc(C(C)(C)C)cn5)c4)cc(-c4cc(C(C)(C)C)ccn4)c4oc(n1)c2c34. The standard InChI is InChI=1S/C36H33N3O3/c1-20-15-28-30-31-32(42-34(30)39-20)25(27-17-22(13-14-37-27)35(2,3)4)18-29(33(31)41-28)40-24-10-8-9-21(16-24)26-12-11-23(19-38-26)36(5,6)7/h8-19H,1-7H3. The van der Waals surface area contributed by atoms with Crippen LogP contribution in [0.25, 0.3) is 55.7 Å². The molecule has 0 spiro atoms. The zero-order chi connectivity index (χ0) is 29.4. The first kappa shape index (κ1) is 26.2. The van der Waals surface area contributed by atoms with Gasteiger partial charge in [-0.15, -0.1) is 0 Å². The zero-order valence-corrected chi connectivity index (χ0v) is 25.0. The molecule has 0 saturated heterocycles. The van der Waals surface area contributed by atoms with Crippen molar-refractivity contribution in [2.45, 2.75) is 59.3 Å². The highest BCUT2D eigenvalue weighted by Gasteiger charge is 2.27. The van der Waals surface area contributed by atoms with E-state index in [4.69, 9.17) is 23.5 Å². The Bertz CT molecular complexity index is 2090. The molecule has 0 fully saturated rings. The van der Waals surface area contributed by atoms with E-state index in [2.05, 4.69) is 70.8 Å². The Kier molecular flexibility index (Phi) is 5.71. The summed E-state index contributed by atoms with van der Waals surface area (Å²) in [7, 11) is 0. The van der Waals surface area contributed by atoms with Gasteiger partial charge in [0, 0.05) is 35.3 Å². The minimum Gasteiger partial charge on any atom is -0.453 e. The first-order chi connectivity index (χ1) is 20.0. The highest BCUT2D eigenvalue weighted by Crippen LogP contribution is 2.48. The summed E-state index contributed by atoms with van der Waals surface area (Å²) in [5.41, 5.74) is 9.30. The summed E-state index contributed by atoms with van der Waals surface area (Å²) < 4.78 is 19.4. The zero-order valence-electron chi connectivity index (χ0n) is 25.0. The number of ether oxygens (including phenoxy) is 1. The third kappa shape index (κ3) is 4.38. The van der Waals surface area contributed by atoms with Crippen molar-refractivity contribution in [2.24, 2.45) is 0 Å². The fourth-order valence-corrected chi connectivity index (χ4v) is 5.43. The molecule has 6 nitrogen and oxygen atoms in total. The molecule has 0 unspecified atom stereocenters. The average Bonchev–Trinajstić information content (AvgIpc) is 3.52. The first-order valence-corrected chi connectivity index (χ1v) is 14.3. The second-order valence-electron chi connectivity index (χ2n) is 13.1. The fourth-order valence-electron chi connectivity index (χ4n) is 5.43. The Morgan fingerprint density at radius 3 is 2.26 bits per heavy atom. The van der Waals surface area contributed by atoms with Crippen LogP contribution in [0.4, 0.5) is 0 Å². The maximum atomic E-state index is 6.60. The van der Waals surface area contributed by atoms with Crippen LogP contribution in [0.5, 0.6) is 11.5 Å². The smallest absolute Gasteiger partial charge is 0.231 e. The molecule has 42 heavy (non-hydrogen) atoms. The van der Waals surface area contributed by atoms with Crippen LogP contribution in [0.15, 0.2) is 81.9 Å². The highest BCUT2D eigenvalue weighted by atomic mass is 16.5. The van der Waals surface area contributed by atoms with Crippen LogP contribution in [-0.2, 0) is 10.8 Å². The van der Waals surface area contributed by atoms with E-state index in [1.807, 2.05) is 55.7 Å². The van der Waals surface area contributed by atoms with E-state index in [0.29, 0.717) is 28.4 Å². The molecule has 5 aromatic heterocycles. The van der Waals surface area contributed by atoms with Crippen molar-refractivity contribution >= 4 is 33.2 Å². The number of hydrogen-bond donors (Lipinski definition) is 0. The van der Waals surface area contributed by atoms with Gasteiger partial charge in [0.05, 0.1) is 22.2 Å². The topological polar surface area (TPSA) is 74.2 Å². The number of benzene rings is 2. The van der Waals surface area contributed by atoms with Crippen molar-refractivity contribution in [1.82, 2.24) is 15.0 Å². The quantitative estimate of drug-likeness (QED) is 0.215. The summed E-state index contributed by atoms with van der Waals surface area (Å²) in [5.74, 6) is 1.27. The Balaban J connectivity index is 1.38. The molecular formula is C36H33N3O3. The molecule has 2 aromatic carbocycles. The lowest BCUT2D eigenvalue weighted by molar-refractivity contribution is 0.476. The lowest BCUT2D eigenvalue weighted by atomic mass is 9.87. The Morgan fingerprint density at radius 2 is 1.52 bits per heavy atom. The van der Waals surface area contributed by atoms with Crippen LogP contribution in [0.1, 0.15) is 58.4 Å². The second-order valence-corrected chi connectivity index (χ2v) is 13.1. The molecule has 210 valence electrons. The third-order valence-corrected chi connectivity index (χ3v) is 7.83. The number of rotatable bonds is 4. The largest absolute Gasteiger partial charge is 0.453 e. The van der Waals surface area contributed by atoms with Crippen molar-refractivity contribution < 1.29 is 13.6 Å². The first-order valence-electron chi connectivity index (χ1n) is 14.3. The molecule has 0 atom stereocenters. The lowest BCUT2D eigenvalue weighted by Gasteiger charge is -2.19. The molecule has 7 aromatic rings. The van der Waals surface area contributed by atoms with E-state index in [1.165, 1.54) is 11.1 Å². The lowest BCUT2D eigenvalue weighted by Crippen LogP contribution is -2.11. The van der Waals surface area contributed by atoms with Gasteiger partial charge in [0.25, 0.3) is 0 Å². The van der Waals surface area contributed by atoms with Gasteiger partial charge in [-0.05, 0) is 65.3 Å². The second kappa shape index (κ2) is 9.15. The van der Waals surface area contributed by atoms with Crippen molar-refractivity contribution in [3.05, 3.63) is 89.9 Å². The van der Waals surface area contributed by atoms with Crippen LogP contribution in [0, 0.1) is 6.92 Å². The number of furan rings is 2. The molecule has 7 rings (SSSR count). The van der Waals surface area contributed by atoms with Gasteiger partial charge in [-0.2, -0.15) is 0 Å². The van der Waals surface area contributed by atoms with E-state index < -0.39 is 0 Å². The molecule has 0 aliphatic carbocycles. The monoisotopic (exact) mass is 555 g/mol. The van der Waals surface area contributed by atoms with Crippen LogP contribution < -0.4 is 4.74 Å². The van der Waals surface area contributed by atoms with E-state index in [1.54, 1.807) is 0 Å².